The summed E-state index contributed by atoms with van der Waals surface area (Å²) < 4.78 is 0. The molecule has 26 heavy (non-hydrogen) atoms. The highest BCUT2D eigenvalue weighted by Gasteiger charge is 2.17. The van der Waals surface area contributed by atoms with Crippen LogP contribution >= 0.6 is 0 Å². The first-order valence-corrected chi connectivity index (χ1v) is 9.56. The predicted octanol–water partition coefficient (Wildman–Crippen LogP) is 3.71. The SMILES string of the molecule is CCCC(NC(=O)c1ccc(N2CCN(C)CC2)cc1)c1ccccc1. The summed E-state index contributed by atoms with van der Waals surface area (Å²) in [4.78, 5) is 17.4. The fraction of sp³-hybridized carbons (Fsp3) is 0.409. The van der Waals surface area contributed by atoms with Gasteiger partial charge >= 0.3 is 0 Å². The minimum Gasteiger partial charge on any atom is -0.369 e. The molecule has 0 aliphatic carbocycles. The molecule has 2 aromatic carbocycles. The second-order valence-electron chi connectivity index (χ2n) is 7.06. The second kappa shape index (κ2) is 8.86. The number of benzene rings is 2. The van der Waals surface area contributed by atoms with E-state index in [2.05, 4.69) is 53.4 Å². The van der Waals surface area contributed by atoms with Crippen molar-refractivity contribution in [2.75, 3.05) is 38.1 Å². The molecule has 0 saturated carbocycles. The van der Waals surface area contributed by atoms with E-state index in [9.17, 15) is 4.79 Å². The van der Waals surface area contributed by atoms with Gasteiger partial charge in [0, 0.05) is 37.4 Å². The quantitative estimate of drug-likeness (QED) is 0.862. The molecule has 3 rings (SSSR count). The average Bonchev–Trinajstić information content (AvgIpc) is 2.69. The van der Waals surface area contributed by atoms with Crippen molar-refractivity contribution >= 4 is 11.6 Å². The van der Waals surface area contributed by atoms with Crippen LogP contribution in [0, 0.1) is 0 Å². The van der Waals surface area contributed by atoms with E-state index in [1.165, 1.54) is 5.69 Å². The van der Waals surface area contributed by atoms with Gasteiger partial charge in [-0.15, -0.1) is 0 Å². The lowest BCUT2D eigenvalue weighted by molar-refractivity contribution is 0.0934. The van der Waals surface area contributed by atoms with Crippen molar-refractivity contribution in [3.63, 3.8) is 0 Å². The van der Waals surface area contributed by atoms with Gasteiger partial charge in [0.1, 0.15) is 0 Å². The van der Waals surface area contributed by atoms with Gasteiger partial charge in [-0.1, -0.05) is 43.7 Å². The highest BCUT2D eigenvalue weighted by atomic mass is 16.1. The van der Waals surface area contributed by atoms with Gasteiger partial charge in [0.05, 0.1) is 6.04 Å². The summed E-state index contributed by atoms with van der Waals surface area (Å²) in [5, 5.41) is 3.20. The molecule has 0 radical (unpaired) electrons. The molecule has 1 amide bonds. The number of rotatable bonds is 6. The lowest BCUT2D eigenvalue weighted by Gasteiger charge is -2.34. The van der Waals surface area contributed by atoms with Gasteiger partial charge in [-0.05, 0) is 43.3 Å². The number of hydrogen-bond donors (Lipinski definition) is 1. The molecular weight excluding hydrogens is 322 g/mol. The van der Waals surface area contributed by atoms with Crippen LogP contribution in [0.1, 0.15) is 41.7 Å². The largest absolute Gasteiger partial charge is 0.369 e. The van der Waals surface area contributed by atoms with Crippen molar-refractivity contribution in [3.05, 3.63) is 65.7 Å². The van der Waals surface area contributed by atoms with E-state index in [0.717, 1.165) is 50.1 Å². The van der Waals surface area contributed by atoms with Crippen LogP contribution in [-0.4, -0.2) is 44.0 Å². The van der Waals surface area contributed by atoms with Crippen LogP contribution in [0.25, 0.3) is 0 Å². The lowest BCUT2D eigenvalue weighted by atomic mass is 10.0. The molecule has 4 nitrogen and oxygen atoms in total. The first-order valence-electron chi connectivity index (χ1n) is 9.56. The highest BCUT2D eigenvalue weighted by molar-refractivity contribution is 5.94. The normalized spacial score (nSPS) is 16.3. The molecule has 1 N–H and O–H groups in total. The van der Waals surface area contributed by atoms with Crippen molar-refractivity contribution in [2.24, 2.45) is 0 Å². The van der Waals surface area contributed by atoms with Gasteiger partial charge in [-0.2, -0.15) is 0 Å². The molecule has 1 saturated heterocycles. The number of carbonyl (C=O) groups is 1. The molecule has 1 unspecified atom stereocenters. The third-order valence-electron chi connectivity index (χ3n) is 5.08. The maximum absolute atomic E-state index is 12.7. The van der Waals surface area contributed by atoms with Crippen LogP contribution in [0.15, 0.2) is 54.6 Å². The predicted molar refractivity (Wildman–Crippen MR) is 108 cm³/mol. The zero-order valence-electron chi connectivity index (χ0n) is 15.8. The minimum absolute atomic E-state index is 0.00256. The molecule has 1 aliphatic heterocycles. The zero-order chi connectivity index (χ0) is 18.4. The van der Waals surface area contributed by atoms with Gasteiger partial charge in [-0.3, -0.25) is 4.79 Å². The summed E-state index contributed by atoms with van der Waals surface area (Å²) in [6, 6.07) is 18.3. The van der Waals surface area contributed by atoms with Crippen molar-refractivity contribution in [1.29, 1.82) is 0 Å². The third kappa shape index (κ3) is 4.64. The van der Waals surface area contributed by atoms with Crippen molar-refractivity contribution < 1.29 is 4.79 Å². The summed E-state index contributed by atoms with van der Waals surface area (Å²) in [5.41, 5.74) is 3.08. The van der Waals surface area contributed by atoms with Crippen molar-refractivity contribution in [2.45, 2.75) is 25.8 Å². The molecule has 1 aliphatic rings. The summed E-state index contributed by atoms with van der Waals surface area (Å²) in [7, 11) is 2.16. The fourth-order valence-electron chi connectivity index (χ4n) is 3.43. The maximum atomic E-state index is 12.7. The van der Waals surface area contributed by atoms with Gasteiger partial charge in [-0.25, -0.2) is 0 Å². The highest BCUT2D eigenvalue weighted by Crippen LogP contribution is 2.20. The molecular formula is C22H29N3O. The third-order valence-corrected chi connectivity index (χ3v) is 5.08. The van der Waals surface area contributed by atoms with E-state index >= 15 is 0 Å². The molecule has 138 valence electrons. The molecule has 2 aromatic rings. The standard InChI is InChI=1S/C22H29N3O/c1-3-7-21(18-8-5-4-6-9-18)23-22(26)19-10-12-20(13-11-19)25-16-14-24(2)15-17-25/h4-6,8-13,21H,3,7,14-17H2,1-2H3,(H,23,26). The number of piperazine rings is 1. The Hall–Kier alpha value is -2.33. The first-order chi connectivity index (χ1) is 12.7. The first kappa shape index (κ1) is 18.5. The smallest absolute Gasteiger partial charge is 0.251 e. The number of amides is 1. The summed E-state index contributed by atoms with van der Waals surface area (Å²) in [5.74, 6) is -0.00256. The van der Waals surface area contributed by atoms with E-state index < -0.39 is 0 Å². The Morgan fingerprint density at radius 3 is 2.27 bits per heavy atom. The number of likely N-dealkylation sites (N-methyl/N-ethyl adjacent to an activating group) is 1. The van der Waals surface area contributed by atoms with Crippen LogP contribution in [0.4, 0.5) is 5.69 Å². The van der Waals surface area contributed by atoms with Crippen molar-refractivity contribution in [1.82, 2.24) is 10.2 Å². The minimum atomic E-state index is -0.00256. The van der Waals surface area contributed by atoms with Crippen LogP contribution in [0.2, 0.25) is 0 Å². The van der Waals surface area contributed by atoms with Crippen LogP contribution in [0.3, 0.4) is 0 Å². The van der Waals surface area contributed by atoms with E-state index in [1.54, 1.807) is 0 Å². The van der Waals surface area contributed by atoms with Gasteiger partial charge in [0.25, 0.3) is 5.91 Å². The summed E-state index contributed by atoms with van der Waals surface area (Å²) in [6.45, 7) is 6.38. The summed E-state index contributed by atoms with van der Waals surface area (Å²) >= 11 is 0. The Labute approximate surface area is 156 Å². The Kier molecular flexibility index (Phi) is 6.29. The van der Waals surface area contributed by atoms with E-state index in [-0.39, 0.29) is 11.9 Å². The van der Waals surface area contributed by atoms with Crippen LogP contribution in [-0.2, 0) is 0 Å². The second-order valence-corrected chi connectivity index (χ2v) is 7.06. The monoisotopic (exact) mass is 351 g/mol. The van der Waals surface area contributed by atoms with E-state index in [0.29, 0.717) is 0 Å². The number of nitrogens with zero attached hydrogens (tertiary/aromatic N) is 2. The van der Waals surface area contributed by atoms with Crippen LogP contribution < -0.4 is 10.2 Å². The zero-order valence-corrected chi connectivity index (χ0v) is 15.8. The van der Waals surface area contributed by atoms with E-state index in [1.807, 2.05) is 30.3 Å². The number of nitrogens with one attached hydrogen (secondary N) is 1. The molecule has 1 fully saturated rings. The number of anilines is 1. The molecule has 1 heterocycles. The summed E-state index contributed by atoms with van der Waals surface area (Å²) in [6.07, 6.45) is 1.97. The van der Waals surface area contributed by atoms with Gasteiger partial charge in [0.15, 0.2) is 0 Å². The molecule has 0 spiro atoms. The number of hydrogen-bond acceptors (Lipinski definition) is 3. The molecule has 0 aromatic heterocycles. The Morgan fingerprint density at radius 2 is 1.65 bits per heavy atom. The lowest BCUT2D eigenvalue weighted by Crippen LogP contribution is -2.44. The van der Waals surface area contributed by atoms with Crippen molar-refractivity contribution in [3.8, 4) is 0 Å². The average molecular weight is 351 g/mol. The van der Waals surface area contributed by atoms with Gasteiger partial charge < -0.3 is 15.1 Å². The fourth-order valence-corrected chi connectivity index (χ4v) is 3.43. The topological polar surface area (TPSA) is 35.6 Å². The Balaban J connectivity index is 1.65. The maximum Gasteiger partial charge on any atom is 0.251 e. The Morgan fingerprint density at radius 1 is 1.00 bits per heavy atom. The Bertz CT molecular complexity index is 691. The molecule has 0 bridgehead atoms. The molecule has 1 atom stereocenters. The molecule has 4 heteroatoms. The van der Waals surface area contributed by atoms with Crippen LogP contribution in [0.5, 0.6) is 0 Å². The number of carbonyl (C=O) groups excluding carboxylic acids is 1. The van der Waals surface area contributed by atoms with E-state index in [4.69, 9.17) is 0 Å². The van der Waals surface area contributed by atoms with Gasteiger partial charge in [0.2, 0.25) is 0 Å².